The maximum atomic E-state index is 10.9. The third-order valence-electron chi connectivity index (χ3n) is 2.45. The third-order valence-corrected chi connectivity index (χ3v) is 2.45. The number of carbonyl (C=O) groups is 1. The predicted molar refractivity (Wildman–Crippen MR) is 64.6 cm³/mol. The van der Waals surface area contributed by atoms with Gasteiger partial charge in [-0.25, -0.2) is 0 Å². The zero-order valence-corrected chi connectivity index (χ0v) is 10.5. The van der Waals surface area contributed by atoms with E-state index in [9.17, 15) is 14.9 Å². The first-order valence-corrected chi connectivity index (χ1v) is 5.49. The number of hydrogen-bond donors (Lipinski definition) is 1. The summed E-state index contributed by atoms with van der Waals surface area (Å²) in [7, 11) is 1.59. The van der Waals surface area contributed by atoms with Crippen LogP contribution in [-0.2, 0) is 11.8 Å². The maximum absolute atomic E-state index is 10.9. The number of carboxylic acids is 1. The van der Waals surface area contributed by atoms with Gasteiger partial charge in [-0.05, 0) is 13.8 Å². The van der Waals surface area contributed by atoms with Crippen molar-refractivity contribution in [3.05, 3.63) is 16.3 Å². The van der Waals surface area contributed by atoms with Crippen LogP contribution >= 0.6 is 0 Å². The van der Waals surface area contributed by atoms with Gasteiger partial charge in [0.2, 0.25) is 5.82 Å². The standard InChI is InChI=1S/C10H16N4O4/c1-7(2)13(5-4-9(15)16)10-8(14(17)18)6-12(3)11-10/h6-7H,4-5H2,1-3H3,(H,15,16). The number of aromatic nitrogens is 2. The lowest BCUT2D eigenvalue weighted by atomic mass is 10.2. The molecule has 1 heterocycles. The summed E-state index contributed by atoms with van der Waals surface area (Å²) in [6.45, 7) is 3.85. The minimum atomic E-state index is -0.945. The smallest absolute Gasteiger partial charge is 0.330 e. The van der Waals surface area contributed by atoms with Gasteiger partial charge in [0, 0.05) is 19.6 Å². The van der Waals surface area contributed by atoms with Crippen LogP contribution in [-0.4, -0.2) is 38.4 Å². The lowest BCUT2D eigenvalue weighted by Gasteiger charge is -2.25. The number of nitro groups is 1. The van der Waals surface area contributed by atoms with Crippen LogP contribution in [0, 0.1) is 10.1 Å². The minimum absolute atomic E-state index is 0.0713. The topological polar surface area (TPSA) is 102 Å². The Morgan fingerprint density at radius 2 is 2.28 bits per heavy atom. The second-order valence-electron chi connectivity index (χ2n) is 4.20. The van der Waals surface area contributed by atoms with Gasteiger partial charge in [-0.2, -0.15) is 0 Å². The lowest BCUT2D eigenvalue weighted by molar-refractivity contribution is -0.384. The van der Waals surface area contributed by atoms with Crippen molar-refractivity contribution in [2.45, 2.75) is 26.3 Å². The van der Waals surface area contributed by atoms with Gasteiger partial charge in [-0.1, -0.05) is 0 Å². The average molecular weight is 256 g/mol. The molecular weight excluding hydrogens is 240 g/mol. The monoisotopic (exact) mass is 256 g/mol. The van der Waals surface area contributed by atoms with Crippen molar-refractivity contribution < 1.29 is 14.8 Å². The third kappa shape index (κ3) is 3.19. The van der Waals surface area contributed by atoms with E-state index in [4.69, 9.17) is 5.11 Å². The molecule has 1 N–H and O–H groups in total. The number of rotatable bonds is 6. The molecule has 0 fully saturated rings. The summed E-state index contributed by atoms with van der Waals surface area (Å²) in [6, 6.07) is -0.0713. The van der Waals surface area contributed by atoms with E-state index < -0.39 is 10.9 Å². The summed E-state index contributed by atoms with van der Waals surface area (Å²) >= 11 is 0. The fourth-order valence-electron chi connectivity index (χ4n) is 1.62. The lowest BCUT2D eigenvalue weighted by Crippen LogP contribution is -2.33. The Bertz CT molecular complexity index is 455. The Balaban J connectivity index is 3.05. The molecule has 0 atom stereocenters. The van der Waals surface area contributed by atoms with E-state index in [0.29, 0.717) is 0 Å². The molecule has 18 heavy (non-hydrogen) atoms. The molecule has 0 spiro atoms. The van der Waals surface area contributed by atoms with Gasteiger partial charge in [0.15, 0.2) is 0 Å². The van der Waals surface area contributed by atoms with Crippen molar-refractivity contribution in [2.24, 2.45) is 7.05 Å². The summed E-state index contributed by atoms with van der Waals surface area (Å²) < 4.78 is 1.35. The summed E-state index contributed by atoms with van der Waals surface area (Å²) in [5.74, 6) is -0.738. The van der Waals surface area contributed by atoms with Crippen LogP contribution in [0.3, 0.4) is 0 Å². The van der Waals surface area contributed by atoms with Crippen molar-refractivity contribution in [3.63, 3.8) is 0 Å². The van der Waals surface area contributed by atoms with Gasteiger partial charge < -0.3 is 10.0 Å². The van der Waals surface area contributed by atoms with E-state index in [1.54, 1.807) is 11.9 Å². The first-order chi connectivity index (χ1) is 8.32. The minimum Gasteiger partial charge on any atom is -0.481 e. The second-order valence-corrected chi connectivity index (χ2v) is 4.20. The van der Waals surface area contributed by atoms with E-state index >= 15 is 0 Å². The number of aryl methyl sites for hydroxylation is 1. The van der Waals surface area contributed by atoms with E-state index in [2.05, 4.69) is 5.10 Å². The molecule has 0 amide bonds. The fourth-order valence-corrected chi connectivity index (χ4v) is 1.62. The predicted octanol–water partition coefficient (Wildman–Crippen LogP) is 1.02. The highest BCUT2D eigenvalue weighted by atomic mass is 16.6. The molecule has 1 aromatic rings. The molecule has 8 heteroatoms. The molecule has 0 saturated heterocycles. The summed E-state index contributed by atoms with van der Waals surface area (Å²) in [4.78, 5) is 22.6. The van der Waals surface area contributed by atoms with E-state index in [0.717, 1.165) is 0 Å². The normalized spacial score (nSPS) is 10.7. The van der Waals surface area contributed by atoms with Crippen LogP contribution in [0.25, 0.3) is 0 Å². The van der Waals surface area contributed by atoms with Gasteiger partial charge in [-0.3, -0.25) is 19.6 Å². The van der Waals surface area contributed by atoms with Crippen molar-refractivity contribution in [2.75, 3.05) is 11.4 Å². The Morgan fingerprint density at radius 3 is 2.72 bits per heavy atom. The molecule has 100 valence electrons. The van der Waals surface area contributed by atoms with Crippen LogP contribution in [0.2, 0.25) is 0 Å². The summed E-state index contributed by atoms with van der Waals surface area (Å²) in [6.07, 6.45) is 1.22. The molecule has 0 bridgehead atoms. The van der Waals surface area contributed by atoms with E-state index in [1.165, 1.54) is 10.9 Å². The molecule has 8 nitrogen and oxygen atoms in total. The van der Waals surface area contributed by atoms with Crippen LogP contribution < -0.4 is 4.90 Å². The van der Waals surface area contributed by atoms with Crippen molar-refractivity contribution in [1.29, 1.82) is 0 Å². The fraction of sp³-hybridized carbons (Fsp3) is 0.600. The highest BCUT2D eigenvalue weighted by molar-refractivity contribution is 5.68. The molecule has 0 aromatic carbocycles. The SMILES string of the molecule is CC(C)N(CCC(=O)O)c1nn(C)cc1[N+](=O)[O-]. The first-order valence-electron chi connectivity index (χ1n) is 5.49. The van der Waals surface area contributed by atoms with Crippen LogP contribution in [0.5, 0.6) is 0 Å². The molecule has 0 saturated carbocycles. The number of hydrogen-bond acceptors (Lipinski definition) is 5. The Kier molecular flexibility index (Phi) is 4.24. The highest BCUT2D eigenvalue weighted by Gasteiger charge is 2.26. The second kappa shape index (κ2) is 5.48. The number of carboxylic acid groups (broad SMARTS) is 1. The Labute approximate surface area is 104 Å². The zero-order valence-electron chi connectivity index (χ0n) is 10.5. The molecule has 1 aromatic heterocycles. The molecule has 1 rings (SSSR count). The molecule has 0 unspecified atom stereocenters. The van der Waals surface area contributed by atoms with Crippen molar-refractivity contribution in [3.8, 4) is 0 Å². The summed E-state index contributed by atoms with van der Waals surface area (Å²) in [5, 5.41) is 23.6. The average Bonchev–Trinajstić information content (AvgIpc) is 2.59. The number of nitrogens with zero attached hydrogens (tertiary/aromatic N) is 4. The summed E-state index contributed by atoms with van der Waals surface area (Å²) in [5.41, 5.74) is -0.114. The number of aliphatic carboxylic acids is 1. The quantitative estimate of drug-likeness (QED) is 0.602. The van der Waals surface area contributed by atoms with Crippen LogP contribution in [0.1, 0.15) is 20.3 Å². The van der Waals surface area contributed by atoms with Gasteiger partial charge >= 0.3 is 11.7 Å². The van der Waals surface area contributed by atoms with Crippen molar-refractivity contribution in [1.82, 2.24) is 9.78 Å². The van der Waals surface area contributed by atoms with Crippen LogP contribution in [0.4, 0.5) is 11.5 Å². The van der Waals surface area contributed by atoms with Gasteiger partial charge in [0.05, 0.1) is 11.3 Å². The zero-order chi connectivity index (χ0) is 13.9. The van der Waals surface area contributed by atoms with Gasteiger partial charge in [-0.15, -0.1) is 5.10 Å². The molecule has 0 aliphatic heterocycles. The van der Waals surface area contributed by atoms with E-state index in [1.807, 2.05) is 13.8 Å². The Morgan fingerprint density at radius 1 is 1.67 bits per heavy atom. The molecule has 0 radical (unpaired) electrons. The molecule has 0 aliphatic carbocycles. The van der Waals surface area contributed by atoms with E-state index in [-0.39, 0.29) is 30.5 Å². The van der Waals surface area contributed by atoms with Gasteiger partial charge in [0.25, 0.3) is 0 Å². The molecular formula is C10H16N4O4. The number of anilines is 1. The van der Waals surface area contributed by atoms with Gasteiger partial charge in [0.1, 0.15) is 6.20 Å². The molecule has 0 aliphatic rings. The van der Waals surface area contributed by atoms with Crippen LogP contribution in [0.15, 0.2) is 6.20 Å². The largest absolute Gasteiger partial charge is 0.481 e. The Hall–Kier alpha value is -2.12. The van der Waals surface area contributed by atoms with Crippen molar-refractivity contribution >= 4 is 17.5 Å². The highest BCUT2D eigenvalue weighted by Crippen LogP contribution is 2.27. The maximum Gasteiger partial charge on any atom is 0.330 e. The first kappa shape index (κ1) is 13.9.